The Kier molecular flexibility index (Phi) is 3.88. The second kappa shape index (κ2) is 5.43. The van der Waals surface area contributed by atoms with Crippen molar-refractivity contribution in [2.24, 2.45) is 5.92 Å². The number of rotatable bonds is 4. The summed E-state index contributed by atoms with van der Waals surface area (Å²) in [5.41, 5.74) is 1.03. The van der Waals surface area contributed by atoms with Crippen LogP contribution in [0, 0.1) is 5.92 Å². The molecule has 0 aromatic heterocycles. The molecule has 102 valence electrons. The number of hydrogen-bond acceptors (Lipinski definition) is 3. The summed E-state index contributed by atoms with van der Waals surface area (Å²) >= 11 is 0. The highest BCUT2D eigenvalue weighted by atomic mass is 16.5. The zero-order chi connectivity index (χ0) is 14.0. The van der Waals surface area contributed by atoms with E-state index in [0.717, 1.165) is 5.56 Å². The van der Waals surface area contributed by atoms with Crippen molar-refractivity contribution in [3.8, 4) is 0 Å². The van der Waals surface area contributed by atoms with E-state index in [1.165, 1.54) is 7.11 Å². The summed E-state index contributed by atoms with van der Waals surface area (Å²) in [6.45, 7) is 3.86. The fourth-order valence-electron chi connectivity index (χ4n) is 2.70. The Labute approximate surface area is 113 Å². The van der Waals surface area contributed by atoms with Crippen molar-refractivity contribution in [3.63, 3.8) is 0 Å². The maximum Gasteiger partial charge on any atom is 0.329 e. The van der Waals surface area contributed by atoms with Crippen LogP contribution in [0.4, 0.5) is 0 Å². The summed E-state index contributed by atoms with van der Waals surface area (Å²) in [5, 5.41) is 0. The highest BCUT2D eigenvalue weighted by Crippen LogP contribution is 2.37. The molecule has 1 aromatic carbocycles. The van der Waals surface area contributed by atoms with Gasteiger partial charge in [0.2, 0.25) is 5.91 Å². The first-order valence-corrected chi connectivity index (χ1v) is 6.56. The van der Waals surface area contributed by atoms with Gasteiger partial charge in [-0.1, -0.05) is 37.3 Å². The first-order chi connectivity index (χ1) is 9.11. The second-order valence-electron chi connectivity index (χ2n) is 4.81. The molecular weight excluding hydrogens is 242 g/mol. The molecule has 19 heavy (non-hydrogen) atoms. The fraction of sp³-hybridized carbons (Fsp3) is 0.467. The van der Waals surface area contributed by atoms with Gasteiger partial charge in [0.05, 0.1) is 19.1 Å². The van der Waals surface area contributed by atoms with Crippen LogP contribution in [-0.4, -0.2) is 29.9 Å². The molecule has 4 heteroatoms. The minimum Gasteiger partial charge on any atom is -0.467 e. The third-order valence-electron chi connectivity index (χ3n) is 3.83. The Morgan fingerprint density at radius 3 is 2.53 bits per heavy atom. The molecule has 1 heterocycles. The number of hydrogen-bond donors (Lipinski definition) is 0. The van der Waals surface area contributed by atoms with E-state index in [-0.39, 0.29) is 23.8 Å². The van der Waals surface area contributed by atoms with Crippen molar-refractivity contribution < 1.29 is 14.3 Å². The molecule has 4 nitrogen and oxygen atoms in total. The Morgan fingerprint density at radius 1 is 1.37 bits per heavy atom. The zero-order valence-electron chi connectivity index (χ0n) is 11.5. The van der Waals surface area contributed by atoms with E-state index in [1.54, 1.807) is 4.90 Å². The number of ether oxygens (including phenoxy) is 1. The van der Waals surface area contributed by atoms with Crippen LogP contribution in [0.3, 0.4) is 0 Å². The normalized spacial score (nSPS) is 23.7. The molecule has 1 fully saturated rings. The van der Waals surface area contributed by atoms with Crippen molar-refractivity contribution >= 4 is 11.9 Å². The molecule has 0 N–H and O–H groups in total. The van der Waals surface area contributed by atoms with Gasteiger partial charge in [0.15, 0.2) is 0 Å². The quantitative estimate of drug-likeness (QED) is 0.616. The van der Waals surface area contributed by atoms with E-state index in [1.807, 2.05) is 44.2 Å². The lowest BCUT2D eigenvalue weighted by Crippen LogP contribution is -2.64. The molecular formula is C15H19NO3. The second-order valence-corrected chi connectivity index (χ2v) is 4.81. The zero-order valence-corrected chi connectivity index (χ0v) is 11.5. The van der Waals surface area contributed by atoms with E-state index in [9.17, 15) is 9.59 Å². The number of methoxy groups -OCH3 is 1. The van der Waals surface area contributed by atoms with Crippen molar-refractivity contribution in [2.75, 3.05) is 7.11 Å². The van der Waals surface area contributed by atoms with Gasteiger partial charge in [0.25, 0.3) is 0 Å². The van der Waals surface area contributed by atoms with Gasteiger partial charge in [-0.05, 0) is 18.9 Å². The first kappa shape index (κ1) is 13.6. The van der Waals surface area contributed by atoms with Crippen molar-refractivity contribution in [1.29, 1.82) is 0 Å². The Hall–Kier alpha value is -1.84. The molecule has 1 aliphatic rings. The van der Waals surface area contributed by atoms with Crippen LogP contribution in [0.2, 0.25) is 0 Å². The summed E-state index contributed by atoms with van der Waals surface area (Å²) in [5.74, 6) is -0.526. The molecule has 0 saturated carbocycles. The Balaban J connectivity index is 2.23. The fourth-order valence-corrected chi connectivity index (χ4v) is 2.70. The van der Waals surface area contributed by atoms with Crippen molar-refractivity contribution in [1.82, 2.24) is 4.90 Å². The Morgan fingerprint density at radius 2 is 2.00 bits per heavy atom. The van der Waals surface area contributed by atoms with Gasteiger partial charge < -0.3 is 9.64 Å². The van der Waals surface area contributed by atoms with Gasteiger partial charge in [-0.25, -0.2) is 4.79 Å². The number of β-lactam (4-membered cyclic amide) rings is 1. The van der Waals surface area contributed by atoms with Crippen LogP contribution >= 0.6 is 0 Å². The number of carbonyl (C=O) groups is 2. The Bertz CT molecular complexity index is 472. The average molecular weight is 261 g/mol. The SMILES string of the molecule is CC[C@H]1C(=O)N(C(C)c2ccccc2)[C@H]1C(=O)OC. The minimum atomic E-state index is -0.447. The predicted octanol–water partition coefficient (Wildman–Crippen LogP) is 2.16. The number of nitrogens with zero attached hydrogens (tertiary/aromatic N) is 1. The molecule has 0 spiro atoms. The third kappa shape index (κ3) is 2.23. The molecule has 0 bridgehead atoms. The summed E-state index contributed by atoms with van der Waals surface area (Å²) in [7, 11) is 1.36. The molecule has 1 saturated heterocycles. The molecule has 1 aromatic rings. The van der Waals surface area contributed by atoms with Crippen LogP contribution in [-0.2, 0) is 14.3 Å². The number of benzene rings is 1. The average Bonchev–Trinajstić information content (AvgIpc) is 2.45. The van der Waals surface area contributed by atoms with E-state index in [0.29, 0.717) is 6.42 Å². The number of amides is 1. The molecule has 0 aliphatic carbocycles. The molecule has 1 unspecified atom stereocenters. The lowest BCUT2D eigenvalue weighted by atomic mass is 9.82. The summed E-state index contributed by atoms with van der Waals surface area (Å²) in [6, 6.07) is 9.16. The lowest BCUT2D eigenvalue weighted by Gasteiger charge is -2.48. The van der Waals surface area contributed by atoms with Crippen LogP contribution in [0.15, 0.2) is 30.3 Å². The molecule has 1 aliphatic heterocycles. The van der Waals surface area contributed by atoms with Gasteiger partial charge in [-0.2, -0.15) is 0 Å². The van der Waals surface area contributed by atoms with Crippen molar-refractivity contribution in [2.45, 2.75) is 32.4 Å². The van der Waals surface area contributed by atoms with Gasteiger partial charge in [-0.3, -0.25) is 4.79 Å². The highest BCUT2D eigenvalue weighted by molar-refractivity contribution is 5.97. The number of esters is 1. The summed E-state index contributed by atoms with van der Waals surface area (Å²) in [4.78, 5) is 25.6. The van der Waals surface area contributed by atoms with Crippen LogP contribution < -0.4 is 0 Å². The first-order valence-electron chi connectivity index (χ1n) is 6.56. The smallest absolute Gasteiger partial charge is 0.329 e. The standard InChI is InChI=1S/C15H19NO3/c1-4-12-13(15(18)19-3)16(14(12)17)10(2)11-8-6-5-7-9-11/h5-10,12-13H,4H2,1-3H3/t10?,12-,13-/m1/s1. The summed E-state index contributed by atoms with van der Waals surface area (Å²) < 4.78 is 4.82. The number of likely N-dealkylation sites (tertiary alicyclic amines) is 1. The van der Waals surface area contributed by atoms with Gasteiger partial charge in [0, 0.05) is 0 Å². The van der Waals surface area contributed by atoms with Crippen molar-refractivity contribution in [3.05, 3.63) is 35.9 Å². The van der Waals surface area contributed by atoms with E-state index in [2.05, 4.69) is 0 Å². The largest absolute Gasteiger partial charge is 0.467 e. The molecule has 0 radical (unpaired) electrons. The lowest BCUT2D eigenvalue weighted by molar-refractivity contribution is -0.176. The maximum atomic E-state index is 12.2. The van der Waals surface area contributed by atoms with Gasteiger partial charge in [0.1, 0.15) is 6.04 Å². The van der Waals surface area contributed by atoms with E-state index in [4.69, 9.17) is 4.74 Å². The molecule has 3 atom stereocenters. The maximum absolute atomic E-state index is 12.2. The predicted molar refractivity (Wildman–Crippen MR) is 71.3 cm³/mol. The topological polar surface area (TPSA) is 46.6 Å². The van der Waals surface area contributed by atoms with E-state index >= 15 is 0 Å². The van der Waals surface area contributed by atoms with Gasteiger partial charge in [-0.15, -0.1) is 0 Å². The molecule has 2 rings (SSSR count). The number of carbonyl (C=O) groups excluding carboxylic acids is 2. The monoisotopic (exact) mass is 261 g/mol. The highest BCUT2D eigenvalue weighted by Gasteiger charge is 2.52. The van der Waals surface area contributed by atoms with Crippen LogP contribution in [0.25, 0.3) is 0 Å². The third-order valence-corrected chi connectivity index (χ3v) is 3.83. The summed E-state index contributed by atoms with van der Waals surface area (Å²) in [6.07, 6.45) is 0.663. The van der Waals surface area contributed by atoms with Crippen LogP contribution in [0.5, 0.6) is 0 Å². The van der Waals surface area contributed by atoms with E-state index < -0.39 is 6.04 Å². The van der Waals surface area contributed by atoms with Gasteiger partial charge >= 0.3 is 5.97 Å². The minimum absolute atomic E-state index is 0.0363. The van der Waals surface area contributed by atoms with Crippen LogP contribution in [0.1, 0.15) is 31.9 Å². The molecule has 1 amide bonds.